The lowest BCUT2D eigenvalue weighted by molar-refractivity contribution is -0.145. The van der Waals surface area contributed by atoms with Crippen molar-refractivity contribution in [2.45, 2.75) is 37.8 Å². The van der Waals surface area contributed by atoms with E-state index in [1.54, 1.807) is 6.92 Å². The van der Waals surface area contributed by atoms with Gasteiger partial charge in [-0.25, -0.2) is 8.78 Å². The normalized spacial score (nSPS) is 12.5. The van der Waals surface area contributed by atoms with Crippen LogP contribution in [0.15, 0.2) is 23.1 Å². The molecule has 1 rings (SSSR count). The summed E-state index contributed by atoms with van der Waals surface area (Å²) in [4.78, 5) is 12.4. The number of thioether (sulfide) groups is 1. The van der Waals surface area contributed by atoms with Crippen molar-refractivity contribution in [1.82, 2.24) is 5.32 Å². The van der Waals surface area contributed by atoms with Crippen LogP contribution in [-0.2, 0) is 9.53 Å². The molecule has 0 saturated heterocycles. The maximum atomic E-state index is 13.1. The first kappa shape index (κ1) is 16.9. The lowest BCUT2D eigenvalue weighted by atomic mass is 10.3. The number of benzene rings is 1. The van der Waals surface area contributed by atoms with Gasteiger partial charge in [0.25, 0.3) is 0 Å². The second-order valence-electron chi connectivity index (χ2n) is 4.51. The minimum atomic E-state index is -0.889. The van der Waals surface area contributed by atoms with Crippen LogP contribution < -0.4 is 5.32 Å². The van der Waals surface area contributed by atoms with Gasteiger partial charge in [0.15, 0.2) is 11.6 Å². The first-order valence-electron chi connectivity index (χ1n) is 6.44. The van der Waals surface area contributed by atoms with Gasteiger partial charge in [-0.15, -0.1) is 11.8 Å². The second kappa shape index (κ2) is 8.21. The van der Waals surface area contributed by atoms with E-state index in [1.807, 2.05) is 13.8 Å². The van der Waals surface area contributed by atoms with Crippen molar-refractivity contribution in [3.63, 3.8) is 0 Å². The lowest BCUT2D eigenvalue weighted by Gasteiger charge is -2.19. The molecule has 112 valence electrons. The van der Waals surface area contributed by atoms with Gasteiger partial charge in [-0.3, -0.25) is 4.79 Å². The molecule has 0 aliphatic carbocycles. The van der Waals surface area contributed by atoms with E-state index >= 15 is 0 Å². The maximum absolute atomic E-state index is 13.1. The van der Waals surface area contributed by atoms with E-state index in [2.05, 4.69) is 5.32 Å². The van der Waals surface area contributed by atoms with Gasteiger partial charge < -0.3 is 10.1 Å². The summed E-state index contributed by atoms with van der Waals surface area (Å²) in [6, 6.07) is 3.33. The minimum absolute atomic E-state index is 0.120. The van der Waals surface area contributed by atoms with Crippen LogP contribution in [-0.4, -0.2) is 30.4 Å². The van der Waals surface area contributed by atoms with Crippen LogP contribution in [0.1, 0.15) is 20.8 Å². The average Bonchev–Trinajstić information content (AvgIpc) is 2.38. The standard InChI is InChI=1S/C14H19F2NO2S/c1-4-19-14(18)13(17-9(2)3)8-20-10-5-6-11(15)12(16)7-10/h5-7,9,13,17H,4,8H2,1-3H3. The molecule has 0 bridgehead atoms. The fourth-order valence-electron chi connectivity index (χ4n) is 1.58. The van der Waals surface area contributed by atoms with Crippen LogP contribution in [0.25, 0.3) is 0 Å². The van der Waals surface area contributed by atoms with Crippen LogP contribution in [0.4, 0.5) is 8.78 Å². The Bertz CT molecular complexity index is 455. The third-order valence-corrected chi connectivity index (χ3v) is 3.50. The molecular weight excluding hydrogens is 284 g/mol. The van der Waals surface area contributed by atoms with Gasteiger partial charge in [0.1, 0.15) is 6.04 Å². The first-order chi connectivity index (χ1) is 9.43. The van der Waals surface area contributed by atoms with Gasteiger partial charge in [-0.1, -0.05) is 13.8 Å². The van der Waals surface area contributed by atoms with Crippen molar-refractivity contribution in [3.8, 4) is 0 Å². The Labute approximate surface area is 122 Å². The summed E-state index contributed by atoms with van der Waals surface area (Å²) >= 11 is 1.28. The number of rotatable bonds is 7. The summed E-state index contributed by atoms with van der Waals surface area (Å²) in [5, 5.41) is 3.10. The molecule has 0 spiro atoms. The number of ether oxygens (including phenoxy) is 1. The SMILES string of the molecule is CCOC(=O)C(CSc1ccc(F)c(F)c1)NC(C)C. The van der Waals surface area contributed by atoms with E-state index in [1.165, 1.54) is 17.8 Å². The highest BCUT2D eigenvalue weighted by atomic mass is 32.2. The number of esters is 1. The summed E-state index contributed by atoms with van der Waals surface area (Å²) in [5.41, 5.74) is 0. The Hall–Kier alpha value is -1.14. The zero-order chi connectivity index (χ0) is 15.1. The third-order valence-electron chi connectivity index (χ3n) is 2.41. The van der Waals surface area contributed by atoms with Crippen molar-refractivity contribution in [1.29, 1.82) is 0 Å². The Morgan fingerprint density at radius 1 is 1.35 bits per heavy atom. The molecule has 0 aliphatic rings. The van der Waals surface area contributed by atoms with Gasteiger partial charge >= 0.3 is 5.97 Å². The van der Waals surface area contributed by atoms with Gasteiger partial charge in [0.05, 0.1) is 6.61 Å². The smallest absolute Gasteiger partial charge is 0.324 e. The molecule has 0 fully saturated rings. The van der Waals surface area contributed by atoms with E-state index in [0.717, 1.165) is 12.1 Å². The second-order valence-corrected chi connectivity index (χ2v) is 5.61. The summed E-state index contributed by atoms with van der Waals surface area (Å²) < 4.78 is 30.9. The van der Waals surface area contributed by atoms with E-state index in [-0.39, 0.29) is 12.0 Å². The van der Waals surface area contributed by atoms with E-state index in [4.69, 9.17) is 4.74 Å². The Morgan fingerprint density at radius 3 is 2.60 bits per heavy atom. The number of hydrogen-bond donors (Lipinski definition) is 1. The summed E-state index contributed by atoms with van der Waals surface area (Å²) in [6.07, 6.45) is 0. The topological polar surface area (TPSA) is 38.3 Å². The molecule has 0 saturated carbocycles. The third kappa shape index (κ3) is 5.46. The molecule has 0 radical (unpaired) electrons. The number of nitrogens with one attached hydrogen (secondary N) is 1. The Morgan fingerprint density at radius 2 is 2.05 bits per heavy atom. The van der Waals surface area contributed by atoms with E-state index < -0.39 is 17.7 Å². The van der Waals surface area contributed by atoms with Crippen molar-refractivity contribution in [2.24, 2.45) is 0 Å². The van der Waals surface area contributed by atoms with Crippen molar-refractivity contribution in [3.05, 3.63) is 29.8 Å². The highest BCUT2D eigenvalue weighted by molar-refractivity contribution is 7.99. The van der Waals surface area contributed by atoms with Crippen LogP contribution in [0.3, 0.4) is 0 Å². The Kier molecular flexibility index (Phi) is 6.95. The van der Waals surface area contributed by atoms with Gasteiger partial charge in [-0.05, 0) is 25.1 Å². The number of halogens is 2. The molecule has 1 unspecified atom stereocenters. The summed E-state index contributed by atoms with van der Waals surface area (Å²) in [7, 11) is 0. The zero-order valence-corrected chi connectivity index (χ0v) is 12.6. The molecule has 20 heavy (non-hydrogen) atoms. The highest BCUT2D eigenvalue weighted by Gasteiger charge is 2.20. The quantitative estimate of drug-likeness (QED) is 0.621. The number of carbonyl (C=O) groups excluding carboxylic acids is 1. The van der Waals surface area contributed by atoms with E-state index in [9.17, 15) is 13.6 Å². The molecule has 1 aromatic rings. The maximum Gasteiger partial charge on any atom is 0.324 e. The average molecular weight is 303 g/mol. The van der Waals surface area contributed by atoms with Gasteiger partial charge in [0, 0.05) is 16.7 Å². The van der Waals surface area contributed by atoms with Crippen LogP contribution in [0.2, 0.25) is 0 Å². The van der Waals surface area contributed by atoms with Gasteiger partial charge in [0.2, 0.25) is 0 Å². The fourth-order valence-corrected chi connectivity index (χ4v) is 2.52. The predicted molar refractivity (Wildman–Crippen MR) is 75.8 cm³/mol. The summed E-state index contributed by atoms with van der Waals surface area (Å²) in [5.74, 6) is -1.71. The van der Waals surface area contributed by atoms with Crippen molar-refractivity contribution in [2.75, 3.05) is 12.4 Å². The summed E-state index contributed by atoms with van der Waals surface area (Å²) in [6.45, 7) is 5.90. The van der Waals surface area contributed by atoms with Crippen LogP contribution in [0, 0.1) is 11.6 Å². The molecule has 0 heterocycles. The van der Waals surface area contributed by atoms with E-state index in [0.29, 0.717) is 17.3 Å². The molecule has 1 aromatic carbocycles. The molecule has 1 N–H and O–H groups in total. The molecular formula is C14H19F2NO2S. The molecule has 3 nitrogen and oxygen atoms in total. The first-order valence-corrected chi connectivity index (χ1v) is 7.43. The number of carbonyl (C=O) groups is 1. The molecule has 1 atom stereocenters. The zero-order valence-electron chi connectivity index (χ0n) is 11.8. The Balaban J connectivity index is 2.65. The van der Waals surface area contributed by atoms with Crippen molar-refractivity contribution >= 4 is 17.7 Å². The van der Waals surface area contributed by atoms with Crippen LogP contribution >= 0.6 is 11.8 Å². The predicted octanol–water partition coefficient (Wildman–Crippen LogP) is 2.99. The van der Waals surface area contributed by atoms with Gasteiger partial charge in [-0.2, -0.15) is 0 Å². The molecule has 0 aliphatic heterocycles. The molecule has 0 amide bonds. The molecule has 6 heteroatoms. The fraction of sp³-hybridized carbons (Fsp3) is 0.500. The van der Waals surface area contributed by atoms with Crippen molar-refractivity contribution < 1.29 is 18.3 Å². The lowest BCUT2D eigenvalue weighted by Crippen LogP contribution is -2.43. The largest absolute Gasteiger partial charge is 0.465 e. The minimum Gasteiger partial charge on any atom is -0.465 e. The number of hydrogen-bond acceptors (Lipinski definition) is 4. The highest BCUT2D eigenvalue weighted by Crippen LogP contribution is 2.21. The monoisotopic (exact) mass is 303 g/mol. The molecule has 0 aromatic heterocycles. The van der Waals surface area contributed by atoms with Crippen LogP contribution in [0.5, 0.6) is 0 Å².